The van der Waals surface area contributed by atoms with E-state index in [1.807, 2.05) is 24.3 Å². The Bertz CT molecular complexity index is 719. The number of hydrogen-bond acceptors (Lipinski definition) is 6. The van der Waals surface area contributed by atoms with E-state index in [1.54, 1.807) is 31.0 Å². The van der Waals surface area contributed by atoms with Crippen LogP contribution in [0.15, 0.2) is 36.4 Å². The standard InChI is InChI=1S/C23H32O6S/c1-29-15-17-5-2-4-16(12-17)13-18(24)7-8-19-20(22(26)14-21(19)25)9-11-30-10-3-6-23(27)28/h2,4-5,7-8,12,18-21,24-25H,3,6,9-11,13-15H2,1H3,(H,27,28)/b8-7+/t18?,19-,20-,21-/m1/s1. The van der Waals surface area contributed by atoms with Crippen molar-refractivity contribution >= 4 is 23.5 Å². The highest BCUT2D eigenvalue weighted by Crippen LogP contribution is 2.34. The van der Waals surface area contributed by atoms with E-state index in [9.17, 15) is 19.8 Å². The van der Waals surface area contributed by atoms with Gasteiger partial charge in [0.25, 0.3) is 0 Å². The lowest BCUT2D eigenvalue weighted by Crippen LogP contribution is -2.20. The van der Waals surface area contributed by atoms with Gasteiger partial charge in [-0.3, -0.25) is 9.59 Å². The molecule has 0 aromatic heterocycles. The molecule has 1 aromatic rings. The number of aliphatic carboxylic acids is 1. The first-order valence-electron chi connectivity index (χ1n) is 10.3. The number of carboxylic acid groups (broad SMARTS) is 1. The number of Topliss-reactive ketones (excluding diaryl/α,β-unsaturated/α-hetero) is 1. The van der Waals surface area contributed by atoms with E-state index < -0.39 is 18.2 Å². The number of carbonyl (C=O) groups is 2. The SMILES string of the molecule is COCc1cccc(CC(O)/C=C/[C@H]2[C@H](O)CC(=O)[C@@H]2CCSCCCC(=O)O)c1. The second-order valence-corrected chi connectivity index (χ2v) is 8.95. The molecule has 2 rings (SSSR count). The van der Waals surface area contributed by atoms with Crippen molar-refractivity contribution in [3.63, 3.8) is 0 Å². The molecule has 4 atom stereocenters. The number of ketones is 1. The van der Waals surface area contributed by atoms with Crippen molar-refractivity contribution in [1.82, 2.24) is 0 Å². The number of hydrogen-bond donors (Lipinski definition) is 3. The van der Waals surface area contributed by atoms with Crippen molar-refractivity contribution in [3.05, 3.63) is 47.5 Å². The molecule has 6 nitrogen and oxygen atoms in total. The molecule has 0 amide bonds. The third-order valence-corrected chi connectivity index (χ3v) is 6.39. The smallest absolute Gasteiger partial charge is 0.303 e. The van der Waals surface area contributed by atoms with Crippen LogP contribution in [0.1, 0.15) is 36.8 Å². The maximum absolute atomic E-state index is 12.3. The van der Waals surface area contributed by atoms with E-state index in [4.69, 9.17) is 9.84 Å². The highest BCUT2D eigenvalue weighted by atomic mass is 32.2. The lowest BCUT2D eigenvalue weighted by molar-refractivity contribution is -0.137. The van der Waals surface area contributed by atoms with Crippen LogP contribution < -0.4 is 0 Å². The number of aliphatic hydroxyl groups excluding tert-OH is 2. The molecule has 166 valence electrons. The minimum atomic E-state index is -0.793. The molecule has 1 aromatic carbocycles. The molecule has 0 saturated heterocycles. The van der Waals surface area contributed by atoms with Gasteiger partial charge in [0.2, 0.25) is 0 Å². The first-order valence-corrected chi connectivity index (χ1v) is 11.5. The van der Waals surface area contributed by atoms with E-state index in [1.165, 1.54) is 0 Å². The van der Waals surface area contributed by atoms with Crippen LogP contribution in [0, 0.1) is 11.8 Å². The van der Waals surface area contributed by atoms with Gasteiger partial charge in [-0.1, -0.05) is 36.4 Å². The highest BCUT2D eigenvalue weighted by Gasteiger charge is 2.39. The zero-order valence-corrected chi connectivity index (χ0v) is 18.2. The number of carboxylic acids is 1. The van der Waals surface area contributed by atoms with Crippen molar-refractivity contribution < 1.29 is 29.6 Å². The number of benzene rings is 1. The van der Waals surface area contributed by atoms with E-state index in [0.717, 1.165) is 22.6 Å². The fourth-order valence-corrected chi connectivity index (χ4v) is 4.78. The molecule has 7 heteroatoms. The van der Waals surface area contributed by atoms with Crippen LogP contribution in [0.3, 0.4) is 0 Å². The quantitative estimate of drug-likeness (QED) is 0.323. The Balaban J connectivity index is 1.85. The van der Waals surface area contributed by atoms with Crippen LogP contribution in [-0.4, -0.2) is 57.9 Å². The summed E-state index contributed by atoms with van der Waals surface area (Å²) in [6.45, 7) is 0.520. The lowest BCUT2D eigenvalue weighted by atomic mass is 9.91. The summed E-state index contributed by atoms with van der Waals surface area (Å²) in [4.78, 5) is 22.8. The minimum absolute atomic E-state index is 0.0602. The summed E-state index contributed by atoms with van der Waals surface area (Å²) < 4.78 is 5.14. The number of carbonyl (C=O) groups excluding carboxylic acids is 1. The topological polar surface area (TPSA) is 104 Å². The molecule has 1 fully saturated rings. The molecule has 1 aliphatic rings. The maximum Gasteiger partial charge on any atom is 0.303 e. The molecule has 1 saturated carbocycles. The fraction of sp³-hybridized carbons (Fsp3) is 0.565. The molecule has 0 spiro atoms. The molecule has 0 radical (unpaired) electrons. The number of ether oxygens (including phenoxy) is 1. The van der Waals surface area contributed by atoms with Gasteiger partial charge in [-0.05, 0) is 35.5 Å². The van der Waals surface area contributed by atoms with Crippen LogP contribution in [0.5, 0.6) is 0 Å². The van der Waals surface area contributed by atoms with Crippen molar-refractivity contribution in [3.8, 4) is 0 Å². The van der Waals surface area contributed by atoms with Gasteiger partial charge in [0, 0.05) is 38.2 Å². The molecule has 1 aliphatic carbocycles. The van der Waals surface area contributed by atoms with Crippen LogP contribution in [0.2, 0.25) is 0 Å². The zero-order valence-electron chi connectivity index (χ0n) is 17.4. The summed E-state index contributed by atoms with van der Waals surface area (Å²) >= 11 is 1.64. The van der Waals surface area contributed by atoms with Crippen molar-refractivity contribution in [2.45, 2.75) is 50.9 Å². The van der Waals surface area contributed by atoms with Gasteiger partial charge < -0.3 is 20.1 Å². The Morgan fingerprint density at radius 2 is 2.10 bits per heavy atom. The molecular weight excluding hydrogens is 404 g/mol. The Hall–Kier alpha value is -1.67. The average molecular weight is 437 g/mol. The summed E-state index contributed by atoms with van der Waals surface area (Å²) in [6, 6.07) is 7.86. The van der Waals surface area contributed by atoms with Gasteiger partial charge in [-0.15, -0.1) is 0 Å². The second-order valence-electron chi connectivity index (χ2n) is 7.73. The van der Waals surface area contributed by atoms with E-state index in [2.05, 4.69) is 0 Å². The summed E-state index contributed by atoms with van der Waals surface area (Å²) in [5.74, 6) is 0.231. The van der Waals surface area contributed by atoms with Crippen molar-refractivity contribution in [2.75, 3.05) is 18.6 Å². The molecule has 3 N–H and O–H groups in total. The van der Waals surface area contributed by atoms with Crippen LogP contribution >= 0.6 is 11.8 Å². The summed E-state index contributed by atoms with van der Waals surface area (Å²) in [6.07, 6.45) is 4.09. The van der Waals surface area contributed by atoms with Gasteiger partial charge in [0.05, 0.1) is 18.8 Å². The van der Waals surface area contributed by atoms with Gasteiger partial charge in [0.15, 0.2) is 0 Å². The monoisotopic (exact) mass is 436 g/mol. The predicted molar refractivity (Wildman–Crippen MR) is 117 cm³/mol. The Morgan fingerprint density at radius 1 is 1.33 bits per heavy atom. The molecule has 0 heterocycles. The van der Waals surface area contributed by atoms with Crippen molar-refractivity contribution in [1.29, 1.82) is 0 Å². The average Bonchev–Trinajstić information content (AvgIpc) is 2.95. The van der Waals surface area contributed by atoms with Crippen LogP contribution in [0.4, 0.5) is 0 Å². The Morgan fingerprint density at radius 3 is 2.83 bits per heavy atom. The number of aliphatic hydroxyl groups is 2. The maximum atomic E-state index is 12.3. The summed E-state index contributed by atoms with van der Waals surface area (Å²) in [7, 11) is 1.64. The number of methoxy groups -OCH3 is 1. The highest BCUT2D eigenvalue weighted by molar-refractivity contribution is 7.99. The normalized spacial score (nSPS) is 22.6. The van der Waals surface area contributed by atoms with Crippen molar-refractivity contribution in [2.24, 2.45) is 11.8 Å². The van der Waals surface area contributed by atoms with E-state index >= 15 is 0 Å². The fourth-order valence-electron chi connectivity index (χ4n) is 3.81. The first-order chi connectivity index (χ1) is 14.4. The van der Waals surface area contributed by atoms with Gasteiger partial charge in [0.1, 0.15) is 5.78 Å². The van der Waals surface area contributed by atoms with Gasteiger partial charge >= 0.3 is 5.97 Å². The van der Waals surface area contributed by atoms with Crippen LogP contribution in [0.25, 0.3) is 0 Å². The Labute approximate surface area is 182 Å². The summed E-state index contributed by atoms with van der Waals surface area (Å²) in [5, 5.41) is 29.4. The number of rotatable bonds is 13. The molecule has 0 bridgehead atoms. The van der Waals surface area contributed by atoms with E-state index in [-0.39, 0.29) is 30.5 Å². The molecule has 1 unspecified atom stereocenters. The lowest BCUT2D eigenvalue weighted by Gasteiger charge is -2.18. The molecule has 30 heavy (non-hydrogen) atoms. The predicted octanol–water partition coefficient (Wildman–Crippen LogP) is 2.85. The zero-order chi connectivity index (χ0) is 21.9. The third-order valence-electron chi connectivity index (χ3n) is 5.29. The van der Waals surface area contributed by atoms with Gasteiger partial charge in [-0.25, -0.2) is 0 Å². The van der Waals surface area contributed by atoms with Crippen LogP contribution in [-0.2, 0) is 27.4 Å². The summed E-state index contributed by atoms with van der Waals surface area (Å²) in [5.41, 5.74) is 2.04. The number of thioether (sulfide) groups is 1. The minimum Gasteiger partial charge on any atom is -0.481 e. The molecular formula is C23H32O6S. The largest absolute Gasteiger partial charge is 0.481 e. The van der Waals surface area contributed by atoms with E-state index in [0.29, 0.717) is 25.9 Å². The third kappa shape index (κ3) is 8.22. The molecule has 0 aliphatic heterocycles. The first kappa shape index (κ1) is 24.6. The van der Waals surface area contributed by atoms with Gasteiger partial charge in [-0.2, -0.15) is 11.8 Å². The second kappa shape index (κ2) is 12.9. The Kier molecular flexibility index (Phi) is 10.6.